The minimum atomic E-state index is 0.655. The molecule has 5 nitrogen and oxygen atoms in total. The Kier molecular flexibility index (Phi) is 2.86. The van der Waals surface area contributed by atoms with Gasteiger partial charge in [0.2, 0.25) is 0 Å². The van der Waals surface area contributed by atoms with E-state index in [1.54, 1.807) is 17.5 Å². The van der Waals surface area contributed by atoms with E-state index in [0.29, 0.717) is 6.54 Å². The molecule has 0 amide bonds. The fourth-order valence-electron chi connectivity index (χ4n) is 1.13. The van der Waals surface area contributed by atoms with Gasteiger partial charge in [-0.25, -0.2) is 9.97 Å². The van der Waals surface area contributed by atoms with E-state index >= 15 is 0 Å². The van der Waals surface area contributed by atoms with E-state index in [4.69, 9.17) is 0 Å². The minimum Gasteiger partial charge on any atom is -0.363 e. The van der Waals surface area contributed by atoms with Crippen molar-refractivity contribution in [3.63, 3.8) is 0 Å². The summed E-state index contributed by atoms with van der Waals surface area (Å²) in [5.74, 6) is 1.57. The molecule has 0 saturated carbocycles. The van der Waals surface area contributed by atoms with Gasteiger partial charge in [0.1, 0.15) is 21.7 Å². The molecule has 2 aromatic rings. The molecule has 0 radical (unpaired) electrons. The second kappa shape index (κ2) is 4.31. The topological polar surface area (TPSA) is 63.6 Å². The first-order valence-electron chi connectivity index (χ1n) is 4.56. The lowest BCUT2D eigenvalue weighted by molar-refractivity contribution is 0.957. The van der Waals surface area contributed by atoms with Crippen molar-refractivity contribution < 1.29 is 0 Å². The largest absolute Gasteiger partial charge is 0.363 e. The smallest absolute Gasteiger partial charge is 0.136 e. The van der Waals surface area contributed by atoms with Crippen LogP contribution in [0, 0.1) is 13.8 Å². The SMILES string of the molecule is Cc1nccc(NCc2nnc(C)s2)n1. The molecule has 0 aliphatic heterocycles. The molecular formula is C9H11N5S. The van der Waals surface area contributed by atoms with Crippen LogP contribution in [-0.4, -0.2) is 20.2 Å². The Balaban J connectivity index is 1.99. The number of hydrogen-bond acceptors (Lipinski definition) is 6. The third-order valence-electron chi connectivity index (χ3n) is 1.76. The van der Waals surface area contributed by atoms with E-state index in [9.17, 15) is 0 Å². The van der Waals surface area contributed by atoms with E-state index in [0.717, 1.165) is 21.7 Å². The Hall–Kier alpha value is -1.56. The predicted octanol–water partition coefficient (Wildman–Crippen LogP) is 1.56. The third kappa shape index (κ3) is 2.69. The van der Waals surface area contributed by atoms with Gasteiger partial charge in [0.15, 0.2) is 0 Å². The molecule has 0 aliphatic rings. The molecule has 2 heterocycles. The van der Waals surface area contributed by atoms with Gasteiger partial charge in [-0.15, -0.1) is 10.2 Å². The molecule has 0 saturated heterocycles. The van der Waals surface area contributed by atoms with Crippen LogP contribution in [0.1, 0.15) is 15.8 Å². The Morgan fingerprint density at radius 3 is 2.87 bits per heavy atom. The average molecular weight is 221 g/mol. The highest BCUT2D eigenvalue weighted by molar-refractivity contribution is 7.11. The van der Waals surface area contributed by atoms with Crippen molar-refractivity contribution in [1.82, 2.24) is 20.2 Å². The predicted molar refractivity (Wildman–Crippen MR) is 58.7 cm³/mol. The molecule has 2 aromatic heterocycles. The van der Waals surface area contributed by atoms with Gasteiger partial charge in [-0.2, -0.15) is 0 Å². The third-order valence-corrected chi connectivity index (χ3v) is 2.60. The molecule has 0 bridgehead atoms. The monoisotopic (exact) mass is 221 g/mol. The summed E-state index contributed by atoms with van der Waals surface area (Å²) in [7, 11) is 0. The Bertz CT molecular complexity index is 453. The van der Waals surface area contributed by atoms with E-state index in [2.05, 4.69) is 25.5 Å². The first kappa shape index (κ1) is 9.97. The van der Waals surface area contributed by atoms with Crippen LogP contribution >= 0.6 is 11.3 Å². The molecule has 2 rings (SSSR count). The first-order chi connectivity index (χ1) is 7.24. The zero-order valence-corrected chi connectivity index (χ0v) is 9.38. The number of nitrogens with one attached hydrogen (secondary N) is 1. The Morgan fingerprint density at radius 2 is 2.20 bits per heavy atom. The van der Waals surface area contributed by atoms with Gasteiger partial charge in [-0.05, 0) is 19.9 Å². The van der Waals surface area contributed by atoms with Gasteiger partial charge in [0.05, 0.1) is 6.54 Å². The highest BCUT2D eigenvalue weighted by Gasteiger charge is 2.00. The summed E-state index contributed by atoms with van der Waals surface area (Å²) in [5, 5.41) is 13.1. The summed E-state index contributed by atoms with van der Waals surface area (Å²) in [6.45, 7) is 4.46. The highest BCUT2D eigenvalue weighted by atomic mass is 32.1. The van der Waals surface area contributed by atoms with Gasteiger partial charge < -0.3 is 5.32 Å². The lowest BCUT2D eigenvalue weighted by Crippen LogP contribution is -2.02. The molecule has 6 heteroatoms. The second-order valence-electron chi connectivity index (χ2n) is 3.06. The van der Waals surface area contributed by atoms with Crippen molar-refractivity contribution in [2.45, 2.75) is 20.4 Å². The van der Waals surface area contributed by atoms with Crippen molar-refractivity contribution in [3.8, 4) is 0 Å². The summed E-state index contributed by atoms with van der Waals surface area (Å²) < 4.78 is 0. The van der Waals surface area contributed by atoms with Crippen LogP contribution in [0.25, 0.3) is 0 Å². The maximum Gasteiger partial charge on any atom is 0.136 e. The van der Waals surface area contributed by atoms with Gasteiger partial charge in [-0.3, -0.25) is 0 Å². The van der Waals surface area contributed by atoms with Crippen LogP contribution in [0.3, 0.4) is 0 Å². The molecule has 0 aromatic carbocycles. The normalized spacial score (nSPS) is 10.3. The van der Waals surface area contributed by atoms with Crippen LogP contribution in [0.5, 0.6) is 0 Å². The van der Waals surface area contributed by atoms with Crippen molar-refractivity contribution in [2.24, 2.45) is 0 Å². The van der Waals surface area contributed by atoms with Crippen LogP contribution in [-0.2, 0) is 6.54 Å². The van der Waals surface area contributed by atoms with E-state index in [1.165, 1.54) is 0 Å². The minimum absolute atomic E-state index is 0.655. The summed E-state index contributed by atoms with van der Waals surface area (Å²) in [6, 6.07) is 1.83. The van der Waals surface area contributed by atoms with Gasteiger partial charge in [0.25, 0.3) is 0 Å². The van der Waals surface area contributed by atoms with Gasteiger partial charge in [-0.1, -0.05) is 11.3 Å². The first-order valence-corrected chi connectivity index (χ1v) is 5.38. The molecule has 0 aliphatic carbocycles. The van der Waals surface area contributed by atoms with Gasteiger partial charge >= 0.3 is 0 Å². The number of aryl methyl sites for hydroxylation is 2. The highest BCUT2D eigenvalue weighted by Crippen LogP contribution is 2.10. The molecular weight excluding hydrogens is 210 g/mol. The molecule has 0 unspecified atom stereocenters. The van der Waals surface area contributed by atoms with Crippen molar-refractivity contribution in [2.75, 3.05) is 5.32 Å². The molecule has 78 valence electrons. The maximum atomic E-state index is 4.23. The van der Waals surface area contributed by atoms with Crippen molar-refractivity contribution >= 4 is 17.2 Å². The Morgan fingerprint density at radius 1 is 1.33 bits per heavy atom. The average Bonchev–Trinajstić information content (AvgIpc) is 2.62. The van der Waals surface area contributed by atoms with Gasteiger partial charge in [0, 0.05) is 6.20 Å². The number of aromatic nitrogens is 4. The van der Waals surface area contributed by atoms with Crippen LogP contribution in [0.4, 0.5) is 5.82 Å². The molecule has 0 spiro atoms. The zero-order chi connectivity index (χ0) is 10.7. The summed E-state index contributed by atoms with van der Waals surface area (Å²) >= 11 is 1.58. The fourth-order valence-corrected chi connectivity index (χ4v) is 1.78. The van der Waals surface area contributed by atoms with Crippen molar-refractivity contribution in [1.29, 1.82) is 0 Å². The van der Waals surface area contributed by atoms with Crippen molar-refractivity contribution in [3.05, 3.63) is 28.1 Å². The summed E-state index contributed by atoms with van der Waals surface area (Å²) in [6.07, 6.45) is 1.73. The van der Waals surface area contributed by atoms with Crippen LogP contribution in [0.2, 0.25) is 0 Å². The van der Waals surface area contributed by atoms with E-state index < -0.39 is 0 Å². The zero-order valence-electron chi connectivity index (χ0n) is 8.56. The molecule has 15 heavy (non-hydrogen) atoms. The molecule has 1 N–H and O–H groups in total. The summed E-state index contributed by atoms with van der Waals surface area (Å²) in [5.41, 5.74) is 0. The standard InChI is InChI=1S/C9H11N5S/c1-6-10-4-3-8(12-6)11-5-9-14-13-7(2)15-9/h3-4H,5H2,1-2H3,(H,10,11,12). The number of hydrogen-bond donors (Lipinski definition) is 1. The number of nitrogens with zero attached hydrogens (tertiary/aromatic N) is 4. The lowest BCUT2D eigenvalue weighted by Gasteiger charge is -2.02. The Labute approximate surface area is 91.6 Å². The molecule has 0 atom stereocenters. The quantitative estimate of drug-likeness (QED) is 0.852. The van der Waals surface area contributed by atoms with E-state index in [1.807, 2.05) is 19.9 Å². The number of anilines is 1. The second-order valence-corrected chi connectivity index (χ2v) is 4.32. The summed E-state index contributed by atoms with van der Waals surface area (Å²) in [4.78, 5) is 8.25. The lowest BCUT2D eigenvalue weighted by atomic mass is 10.5. The maximum absolute atomic E-state index is 4.23. The van der Waals surface area contributed by atoms with Crippen LogP contribution in [0.15, 0.2) is 12.3 Å². The number of rotatable bonds is 3. The fraction of sp³-hybridized carbons (Fsp3) is 0.333. The molecule has 0 fully saturated rings. The van der Waals surface area contributed by atoms with E-state index in [-0.39, 0.29) is 0 Å². The van der Waals surface area contributed by atoms with Crippen LogP contribution < -0.4 is 5.32 Å².